The first-order chi connectivity index (χ1) is 14.6. The molecule has 0 bridgehead atoms. The highest BCUT2D eigenvalue weighted by molar-refractivity contribution is 6.26. The number of Topliss-reactive ketones (excluding diaryl/α,β-unsaturated/α-hetero) is 1. The Bertz CT molecular complexity index is 905. The van der Waals surface area contributed by atoms with Crippen LogP contribution in [0.15, 0.2) is 54.6 Å². The van der Waals surface area contributed by atoms with Crippen molar-refractivity contribution in [2.75, 3.05) is 10.6 Å². The van der Waals surface area contributed by atoms with Gasteiger partial charge in [-0.05, 0) is 48.7 Å². The lowest BCUT2D eigenvalue weighted by molar-refractivity contribution is -0.135. The van der Waals surface area contributed by atoms with Crippen LogP contribution in [0, 0.1) is 11.8 Å². The molecule has 2 aliphatic rings. The fraction of sp³-hybridized carbons (Fsp3) is 0.375. The Morgan fingerprint density at radius 3 is 2.20 bits per heavy atom. The monoisotopic (exact) mass is 405 g/mol. The Morgan fingerprint density at radius 1 is 0.867 bits per heavy atom. The van der Waals surface area contributed by atoms with Gasteiger partial charge < -0.3 is 16.0 Å². The number of nitrogens with one attached hydrogen (secondary N) is 3. The van der Waals surface area contributed by atoms with Crippen molar-refractivity contribution in [2.24, 2.45) is 11.8 Å². The maximum absolute atomic E-state index is 12.7. The molecule has 2 fully saturated rings. The largest absolute Gasteiger partial charge is 0.356 e. The van der Waals surface area contributed by atoms with E-state index < -0.39 is 23.8 Å². The Labute approximate surface area is 176 Å². The smallest absolute Gasteiger partial charge is 0.244 e. The summed E-state index contributed by atoms with van der Waals surface area (Å²) in [5.74, 6) is -2.15. The summed E-state index contributed by atoms with van der Waals surface area (Å²) in [6, 6.07) is 16.4. The lowest BCUT2D eigenvalue weighted by Gasteiger charge is -2.23. The van der Waals surface area contributed by atoms with E-state index in [1.165, 1.54) is 19.3 Å². The van der Waals surface area contributed by atoms with E-state index in [1.54, 1.807) is 12.1 Å². The number of hydrogen-bond donors (Lipinski definition) is 3. The zero-order chi connectivity index (χ0) is 20.9. The van der Waals surface area contributed by atoms with Gasteiger partial charge in [0, 0.05) is 17.1 Å². The minimum absolute atomic E-state index is 0.301. The third-order valence-corrected chi connectivity index (χ3v) is 5.98. The molecule has 1 saturated carbocycles. The normalized spacial score (nSPS) is 21.9. The van der Waals surface area contributed by atoms with E-state index in [4.69, 9.17) is 0 Å². The number of amides is 2. The van der Waals surface area contributed by atoms with Crippen molar-refractivity contribution in [3.63, 3.8) is 0 Å². The molecule has 0 spiro atoms. The van der Waals surface area contributed by atoms with Crippen LogP contribution in [0.4, 0.5) is 17.1 Å². The van der Waals surface area contributed by atoms with Crippen LogP contribution in [-0.4, -0.2) is 23.6 Å². The van der Waals surface area contributed by atoms with E-state index in [9.17, 15) is 14.4 Å². The molecule has 156 valence electrons. The summed E-state index contributed by atoms with van der Waals surface area (Å²) >= 11 is 0. The van der Waals surface area contributed by atoms with Gasteiger partial charge >= 0.3 is 0 Å². The van der Waals surface area contributed by atoms with Gasteiger partial charge in [0.2, 0.25) is 11.8 Å². The van der Waals surface area contributed by atoms with Crippen LogP contribution in [0.2, 0.25) is 0 Å². The zero-order valence-corrected chi connectivity index (χ0v) is 16.9. The molecule has 4 rings (SSSR count). The fourth-order valence-corrected chi connectivity index (χ4v) is 4.38. The third kappa shape index (κ3) is 4.70. The Balaban J connectivity index is 1.34. The molecule has 30 heavy (non-hydrogen) atoms. The average Bonchev–Trinajstić information content (AvgIpc) is 3.04. The second-order valence-corrected chi connectivity index (χ2v) is 8.19. The number of para-hydroxylation sites is 1. The van der Waals surface area contributed by atoms with E-state index in [2.05, 4.69) is 16.0 Å². The van der Waals surface area contributed by atoms with Crippen LogP contribution >= 0.6 is 0 Å². The summed E-state index contributed by atoms with van der Waals surface area (Å²) in [4.78, 5) is 37.7. The van der Waals surface area contributed by atoms with Gasteiger partial charge in [-0.2, -0.15) is 0 Å². The number of benzene rings is 2. The predicted molar refractivity (Wildman–Crippen MR) is 116 cm³/mol. The lowest BCUT2D eigenvalue weighted by Crippen LogP contribution is -2.33. The summed E-state index contributed by atoms with van der Waals surface area (Å²) in [6.07, 6.45) is 6.44. The minimum Gasteiger partial charge on any atom is -0.356 e. The Hall–Kier alpha value is -3.15. The molecule has 3 N–H and O–H groups in total. The highest BCUT2D eigenvalue weighted by Crippen LogP contribution is 2.30. The predicted octanol–water partition coefficient (Wildman–Crippen LogP) is 4.02. The topological polar surface area (TPSA) is 87.3 Å². The molecule has 1 aliphatic carbocycles. The zero-order valence-electron chi connectivity index (χ0n) is 16.9. The first kappa shape index (κ1) is 20.1. The van der Waals surface area contributed by atoms with Gasteiger partial charge in [0.05, 0.1) is 6.04 Å². The van der Waals surface area contributed by atoms with Crippen LogP contribution in [0.1, 0.15) is 38.5 Å². The van der Waals surface area contributed by atoms with Gasteiger partial charge in [0.1, 0.15) is 0 Å². The van der Waals surface area contributed by atoms with E-state index in [0.717, 1.165) is 24.2 Å². The number of carbonyl (C=O) groups excluding carboxylic acids is 3. The van der Waals surface area contributed by atoms with Crippen LogP contribution in [0.5, 0.6) is 0 Å². The quantitative estimate of drug-likeness (QED) is 0.634. The molecule has 1 aliphatic heterocycles. The number of ketones is 1. The van der Waals surface area contributed by atoms with Crippen molar-refractivity contribution in [1.29, 1.82) is 0 Å². The number of hydrogen-bond acceptors (Lipinski definition) is 4. The van der Waals surface area contributed by atoms with Gasteiger partial charge in [-0.15, -0.1) is 0 Å². The van der Waals surface area contributed by atoms with Crippen LogP contribution in [0.25, 0.3) is 0 Å². The highest BCUT2D eigenvalue weighted by atomic mass is 16.2. The Morgan fingerprint density at radius 2 is 1.50 bits per heavy atom. The standard InChI is InChI=1S/C24H27N3O3/c28-22-20(15-16-7-3-1-4-8-16)27-24(30)21(22)23(29)26-19-13-11-18(12-14-19)25-17-9-5-2-6-10-17/h2,5-6,9-14,16,20-21,25H,1,3-4,7-8,15H2,(H,26,29)(H,27,30). The van der Waals surface area contributed by atoms with E-state index in [0.29, 0.717) is 18.0 Å². The van der Waals surface area contributed by atoms with E-state index in [1.807, 2.05) is 42.5 Å². The second-order valence-electron chi connectivity index (χ2n) is 8.19. The second kappa shape index (κ2) is 9.11. The van der Waals surface area contributed by atoms with Crippen molar-refractivity contribution in [3.8, 4) is 0 Å². The van der Waals surface area contributed by atoms with E-state index in [-0.39, 0.29) is 5.78 Å². The molecular formula is C24H27N3O3. The van der Waals surface area contributed by atoms with Crippen molar-refractivity contribution in [3.05, 3.63) is 54.6 Å². The maximum Gasteiger partial charge on any atom is 0.244 e. The van der Waals surface area contributed by atoms with Gasteiger partial charge in [-0.25, -0.2) is 0 Å². The summed E-state index contributed by atoms with van der Waals surface area (Å²) in [7, 11) is 0. The molecule has 2 atom stereocenters. The molecule has 1 heterocycles. The van der Waals surface area contributed by atoms with Gasteiger partial charge in [0.25, 0.3) is 0 Å². The molecule has 6 nitrogen and oxygen atoms in total. The van der Waals surface area contributed by atoms with Gasteiger partial charge in [-0.1, -0.05) is 50.3 Å². The molecular weight excluding hydrogens is 378 g/mol. The fourth-order valence-electron chi connectivity index (χ4n) is 4.38. The van der Waals surface area contributed by atoms with Crippen molar-refractivity contribution in [1.82, 2.24) is 5.32 Å². The number of carbonyl (C=O) groups is 3. The number of rotatable bonds is 6. The number of anilines is 3. The van der Waals surface area contributed by atoms with Crippen molar-refractivity contribution in [2.45, 2.75) is 44.6 Å². The molecule has 2 aromatic rings. The third-order valence-electron chi connectivity index (χ3n) is 5.98. The highest BCUT2D eigenvalue weighted by Gasteiger charge is 2.46. The maximum atomic E-state index is 12.7. The van der Waals surface area contributed by atoms with E-state index >= 15 is 0 Å². The first-order valence-corrected chi connectivity index (χ1v) is 10.7. The summed E-state index contributed by atoms with van der Waals surface area (Å²) in [5.41, 5.74) is 2.39. The molecule has 0 aromatic heterocycles. The molecule has 2 aromatic carbocycles. The SMILES string of the molecule is O=C(Nc1ccc(Nc2ccccc2)cc1)C1C(=O)NC(CC2CCCCC2)C1=O. The van der Waals surface area contributed by atoms with Crippen LogP contribution < -0.4 is 16.0 Å². The van der Waals surface area contributed by atoms with Gasteiger partial charge in [0.15, 0.2) is 11.7 Å². The summed E-state index contributed by atoms with van der Waals surface area (Å²) in [5, 5.41) is 8.72. The van der Waals surface area contributed by atoms with Gasteiger partial charge in [-0.3, -0.25) is 14.4 Å². The van der Waals surface area contributed by atoms with Crippen LogP contribution in [-0.2, 0) is 14.4 Å². The Kier molecular flexibility index (Phi) is 6.12. The summed E-state index contributed by atoms with van der Waals surface area (Å²) < 4.78 is 0. The molecule has 2 unspecified atom stereocenters. The van der Waals surface area contributed by atoms with Crippen LogP contribution in [0.3, 0.4) is 0 Å². The first-order valence-electron chi connectivity index (χ1n) is 10.7. The molecule has 2 amide bonds. The average molecular weight is 405 g/mol. The minimum atomic E-state index is -1.26. The van der Waals surface area contributed by atoms with Crippen molar-refractivity contribution >= 4 is 34.7 Å². The molecule has 6 heteroatoms. The lowest BCUT2D eigenvalue weighted by atomic mass is 9.83. The molecule has 0 radical (unpaired) electrons. The van der Waals surface area contributed by atoms with Crippen molar-refractivity contribution < 1.29 is 14.4 Å². The molecule has 1 saturated heterocycles. The summed E-state index contributed by atoms with van der Waals surface area (Å²) in [6.45, 7) is 0.